The van der Waals surface area contributed by atoms with Crippen molar-refractivity contribution in [3.05, 3.63) is 156 Å². The lowest BCUT2D eigenvalue weighted by molar-refractivity contribution is 0.742. The molecule has 0 bridgehead atoms. The number of hydrogen-bond donors (Lipinski definition) is 0. The third kappa shape index (κ3) is 4.79. The van der Waals surface area contributed by atoms with Crippen LogP contribution >= 0.6 is 11.3 Å². The number of fused-ring (bicyclic) bond motifs is 6. The van der Waals surface area contributed by atoms with E-state index in [-0.39, 0.29) is 6.04 Å². The minimum Gasteiger partial charge on any atom is -0.310 e. The summed E-state index contributed by atoms with van der Waals surface area (Å²) in [5.41, 5.74) is 10.8. The summed E-state index contributed by atoms with van der Waals surface area (Å²) in [7, 11) is 0. The largest absolute Gasteiger partial charge is 0.310 e. The van der Waals surface area contributed by atoms with Gasteiger partial charge in [0.1, 0.15) is 0 Å². The van der Waals surface area contributed by atoms with E-state index < -0.39 is 0 Å². The monoisotopic (exact) mass is 659 g/mol. The van der Waals surface area contributed by atoms with Gasteiger partial charge in [-0.2, -0.15) is 0 Å². The molecule has 3 aromatic heterocycles. The second-order valence-electron chi connectivity index (χ2n) is 13.2. The Labute approximate surface area is 294 Å². The molecule has 1 atom stereocenters. The van der Waals surface area contributed by atoms with E-state index in [0.717, 1.165) is 30.5 Å². The summed E-state index contributed by atoms with van der Waals surface area (Å²) in [4.78, 5) is 9.49. The fourth-order valence-electron chi connectivity index (χ4n) is 7.94. The number of rotatable bonds is 5. The van der Waals surface area contributed by atoms with Crippen LogP contribution in [0.3, 0.4) is 0 Å². The number of aliphatic imine (C=N–C) groups is 1. The summed E-state index contributed by atoms with van der Waals surface area (Å²) in [5, 5.41) is 6.53. The van der Waals surface area contributed by atoms with Crippen molar-refractivity contribution in [2.24, 2.45) is 4.99 Å². The van der Waals surface area contributed by atoms with E-state index in [4.69, 9.17) is 4.99 Å². The van der Waals surface area contributed by atoms with E-state index in [1.54, 1.807) is 0 Å². The summed E-state index contributed by atoms with van der Waals surface area (Å²) < 4.78 is 5.09. The van der Waals surface area contributed by atoms with Gasteiger partial charge in [0.05, 0.1) is 17.3 Å². The van der Waals surface area contributed by atoms with Gasteiger partial charge in [-0.05, 0) is 108 Å². The predicted octanol–water partition coefficient (Wildman–Crippen LogP) is 10.8. The molecule has 0 spiro atoms. The molecule has 1 aliphatic carbocycles. The lowest BCUT2D eigenvalue weighted by Crippen LogP contribution is -2.30. The predicted molar refractivity (Wildman–Crippen MR) is 213 cm³/mol. The van der Waals surface area contributed by atoms with Crippen molar-refractivity contribution in [3.8, 4) is 39.2 Å². The maximum absolute atomic E-state index is 4.82. The Hall–Kier alpha value is -5.84. The van der Waals surface area contributed by atoms with Crippen molar-refractivity contribution >= 4 is 60.8 Å². The van der Waals surface area contributed by atoms with Gasteiger partial charge in [0, 0.05) is 59.8 Å². The van der Waals surface area contributed by atoms with Crippen LogP contribution in [0.1, 0.15) is 30.9 Å². The second kappa shape index (κ2) is 11.9. The normalized spacial score (nSPS) is 15.3. The zero-order chi connectivity index (χ0) is 33.0. The number of dihydropyridines is 1. The SMILES string of the molecule is C1=CCC(c2ccccc2-c2ccc3c(c2)c2c(n3-c3ccc4sc5ccc(-c6ccccc6-c6ccccn6)cc5c4c3)=CCCC=2)N=C1. The minimum atomic E-state index is 0.154. The first-order valence-electron chi connectivity index (χ1n) is 17.4. The van der Waals surface area contributed by atoms with Crippen LogP contribution in [-0.4, -0.2) is 15.8 Å². The zero-order valence-electron chi connectivity index (χ0n) is 27.5. The molecular formula is C46H33N3S. The average molecular weight is 660 g/mol. The van der Waals surface area contributed by atoms with Crippen LogP contribution < -0.4 is 10.6 Å². The van der Waals surface area contributed by atoms with E-state index in [2.05, 4.69) is 143 Å². The highest BCUT2D eigenvalue weighted by Gasteiger charge is 2.18. The van der Waals surface area contributed by atoms with Gasteiger partial charge in [-0.1, -0.05) is 85.0 Å². The molecule has 0 amide bonds. The van der Waals surface area contributed by atoms with Crippen molar-refractivity contribution in [1.82, 2.24) is 9.55 Å². The molecule has 8 aromatic rings. The molecule has 1 aliphatic heterocycles. The number of hydrogen-bond acceptors (Lipinski definition) is 3. The summed E-state index contributed by atoms with van der Waals surface area (Å²) in [6, 6.07) is 44.6. The fraction of sp³-hybridized carbons (Fsp3) is 0.0870. The molecule has 0 fully saturated rings. The lowest BCUT2D eigenvalue weighted by Gasteiger charge is -2.17. The van der Waals surface area contributed by atoms with Gasteiger partial charge < -0.3 is 4.57 Å². The van der Waals surface area contributed by atoms with Gasteiger partial charge in [-0.15, -0.1) is 11.3 Å². The molecule has 238 valence electrons. The van der Waals surface area contributed by atoms with Crippen molar-refractivity contribution in [2.75, 3.05) is 0 Å². The summed E-state index contributed by atoms with van der Waals surface area (Å²) >= 11 is 1.87. The van der Waals surface area contributed by atoms with Crippen LogP contribution in [0.2, 0.25) is 0 Å². The minimum absolute atomic E-state index is 0.154. The molecule has 10 rings (SSSR count). The molecule has 3 nitrogen and oxygen atoms in total. The highest BCUT2D eigenvalue weighted by atomic mass is 32.1. The number of aromatic nitrogens is 2. The molecule has 0 saturated carbocycles. The first-order valence-corrected chi connectivity index (χ1v) is 18.2. The Kier molecular flexibility index (Phi) is 6.95. The van der Waals surface area contributed by atoms with Crippen molar-refractivity contribution in [3.63, 3.8) is 0 Å². The van der Waals surface area contributed by atoms with Crippen molar-refractivity contribution in [2.45, 2.75) is 25.3 Å². The van der Waals surface area contributed by atoms with Gasteiger partial charge in [-0.3, -0.25) is 9.98 Å². The molecule has 0 N–H and O–H groups in total. The topological polar surface area (TPSA) is 30.2 Å². The molecule has 1 unspecified atom stereocenters. The van der Waals surface area contributed by atoms with Crippen LogP contribution in [0.5, 0.6) is 0 Å². The van der Waals surface area contributed by atoms with E-state index in [1.807, 2.05) is 35.9 Å². The Morgan fingerprint density at radius 3 is 2.24 bits per heavy atom. The fourth-order valence-corrected chi connectivity index (χ4v) is 9.00. The van der Waals surface area contributed by atoms with E-state index >= 15 is 0 Å². The van der Waals surface area contributed by atoms with Gasteiger partial charge in [0.25, 0.3) is 0 Å². The quantitative estimate of drug-likeness (QED) is 0.181. The molecule has 4 heterocycles. The molecule has 2 aliphatic rings. The average Bonchev–Trinajstić information content (AvgIpc) is 3.73. The number of benzene rings is 5. The Bertz CT molecular complexity index is 2800. The van der Waals surface area contributed by atoms with Crippen LogP contribution in [0.4, 0.5) is 0 Å². The lowest BCUT2D eigenvalue weighted by atomic mass is 9.92. The maximum atomic E-state index is 4.82. The van der Waals surface area contributed by atoms with E-state index in [9.17, 15) is 0 Å². The number of pyridine rings is 1. The number of nitrogens with zero attached hydrogens (tertiary/aromatic N) is 3. The van der Waals surface area contributed by atoms with Gasteiger partial charge in [0.15, 0.2) is 0 Å². The van der Waals surface area contributed by atoms with Crippen LogP contribution in [0, 0.1) is 0 Å². The summed E-state index contributed by atoms with van der Waals surface area (Å²) in [6.07, 6.45) is 16.0. The van der Waals surface area contributed by atoms with Crippen LogP contribution in [0.15, 0.2) is 145 Å². The Morgan fingerprint density at radius 1 is 0.640 bits per heavy atom. The maximum Gasteiger partial charge on any atom is 0.0789 e. The van der Waals surface area contributed by atoms with Gasteiger partial charge >= 0.3 is 0 Å². The van der Waals surface area contributed by atoms with E-state index in [1.165, 1.54) is 75.1 Å². The first-order chi connectivity index (χ1) is 24.8. The van der Waals surface area contributed by atoms with E-state index in [0.29, 0.717) is 0 Å². The second-order valence-corrected chi connectivity index (χ2v) is 14.3. The number of thiophene rings is 1. The third-order valence-electron chi connectivity index (χ3n) is 10.3. The van der Waals surface area contributed by atoms with Gasteiger partial charge in [0.2, 0.25) is 0 Å². The molecule has 0 radical (unpaired) electrons. The smallest absolute Gasteiger partial charge is 0.0789 e. The standard InChI is InChI=1S/C46H33N3S/c1-3-13-35(41-16-7-9-25-47-41)33(11-1)30-19-22-44-38(27-30)37-15-5-6-18-43(37)49(44)32-21-24-46-40(29-32)39-28-31(20-23-45(39)50-46)34-12-2-4-14-36(34)42-17-8-10-26-48-42/h1-4,7-15,17-29,41H,5-6,16H2. The molecular weight excluding hydrogens is 627 g/mol. The Morgan fingerprint density at radius 2 is 1.38 bits per heavy atom. The molecule has 50 heavy (non-hydrogen) atoms. The molecule has 5 aromatic carbocycles. The van der Waals surface area contributed by atoms with Crippen molar-refractivity contribution in [1.29, 1.82) is 0 Å². The highest BCUT2D eigenvalue weighted by Crippen LogP contribution is 2.40. The van der Waals surface area contributed by atoms with Crippen molar-refractivity contribution < 1.29 is 0 Å². The van der Waals surface area contributed by atoms with Crippen LogP contribution in [0.25, 0.3) is 82.4 Å². The van der Waals surface area contributed by atoms with Gasteiger partial charge in [-0.25, -0.2) is 0 Å². The Balaban J connectivity index is 1.13. The van der Waals surface area contributed by atoms with Crippen LogP contribution in [-0.2, 0) is 0 Å². The summed E-state index contributed by atoms with van der Waals surface area (Å²) in [6.45, 7) is 0. The highest BCUT2D eigenvalue weighted by molar-refractivity contribution is 7.25. The number of allylic oxidation sites excluding steroid dienone is 1. The summed E-state index contributed by atoms with van der Waals surface area (Å²) in [5.74, 6) is 0. The molecule has 4 heteroatoms. The zero-order valence-corrected chi connectivity index (χ0v) is 28.3. The first kappa shape index (κ1) is 29.1. The molecule has 0 saturated heterocycles. The third-order valence-corrected chi connectivity index (χ3v) is 11.4.